The van der Waals surface area contributed by atoms with E-state index in [-0.39, 0.29) is 0 Å². The van der Waals surface area contributed by atoms with Crippen molar-refractivity contribution in [2.75, 3.05) is 0 Å². The SMILES string of the molecule is Cc1cc(Oc2ccc3ccccc3c2)nc(-c2ccncc2)n1. The number of rotatable bonds is 3. The molecule has 0 saturated carbocycles. The summed E-state index contributed by atoms with van der Waals surface area (Å²) in [5.74, 6) is 1.92. The lowest BCUT2D eigenvalue weighted by Crippen LogP contribution is -1.96. The molecule has 0 N–H and O–H groups in total. The average Bonchev–Trinajstić information content (AvgIpc) is 2.62. The van der Waals surface area contributed by atoms with Crippen molar-refractivity contribution in [3.8, 4) is 23.0 Å². The summed E-state index contributed by atoms with van der Waals surface area (Å²) in [7, 11) is 0. The third kappa shape index (κ3) is 2.94. The summed E-state index contributed by atoms with van der Waals surface area (Å²) in [6.45, 7) is 1.93. The standard InChI is InChI=1S/C20H15N3O/c1-14-12-19(23-20(22-14)16-8-10-21-11-9-16)24-18-7-6-15-4-2-3-5-17(15)13-18/h2-13H,1H3. The zero-order valence-electron chi connectivity index (χ0n) is 13.2. The van der Waals surface area contributed by atoms with E-state index in [9.17, 15) is 0 Å². The fourth-order valence-electron chi connectivity index (χ4n) is 2.57. The molecule has 4 nitrogen and oxygen atoms in total. The number of nitrogens with zero attached hydrogens (tertiary/aromatic N) is 3. The van der Waals surface area contributed by atoms with E-state index in [2.05, 4.69) is 27.1 Å². The first kappa shape index (κ1) is 14.3. The van der Waals surface area contributed by atoms with Gasteiger partial charge < -0.3 is 4.74 Å². The van der Waals surface area contributed by atoms with Crippen molar-refractivity contribution >= 4 is 10.8 Å². The van der Waals surface area contributed by atoms with Crippen molar-refractivity contribution in [1.82, 2.24) is 15.0 Å². The van der Waals surface area contributed by atoms with Gasteiger partial charge in [0.1, 0.15) is 5.75 Å². The van der Waals surface area contributed by atoms with Gasteiger partial charge in [0.15, 0.2) is 5.82 Å². The quantitative estimate of drug-likeness (QED) is 0.545. The zero-order valence-corrected chi connectivity index (χ0v) is 13.2. The van der Waals surface area contributed by atoms with E-state index in [1.54, 1.807) is 12.4 Å². The highest BCUT2D eigenvalue weighted by Crippen LogP contribution is 2.26. The number of ether oxygens (including phenoxy) is 1. The molecule has 0 aliphatic heterocycles. The van der Waals surface area contributed by atoms with Gasteiger partial charge in [-0.15, -0.1) is 0 Å². The van der Waals surface area contributed by atoms with E-state index in [4.69, 9.17) is 4.74 Å². The van der Waals surface area contributed by atoms with Crippen LogP contribution in [0, 0.1) is 6.92 Å². The highest BCUT2D eigenvalue weighted by atomic mass is 16.5. The molecule has 0 amide bonds. The lowest BCUT2D eigenvalue weighted by Gasteiger charge is -2.08. The molecule has 0 radical (unpaired) electrons. The fourth-order valence-corrected chi connectivity index (χ4v) is 2.57. The number of hydrogen-bond donors (Lipinski definition) is 0. The molecule has 0 fully saturated rings. The Bertz CT molecular complexity index is 1000. The van der Waals surface area contributed by atoms with Gasteiger partial charge in [-0.05, 0) is 42.0 Å². The van der Waals surface area contributed by atoms with Gasteiger partial charge in [0.2, 0.25) is 5.88 Å². The van der Waals surface area contributed by atoms with Gasteiger partial charge in [-0.1, -0.05) is 30.3 Å². The Morgan fingerprint density at radius 3 is 2.42 bits per heavy atom. The summed E-state index contributed by atoms with van der Waals surface area (Å²) in [6, 6.07) is 19.8. The molecule has 116 valence electrons. The molecular weight excluding hydrogens is 298 g/mol. The van der Waals surface area contributed by atoms with Crippen molar-refractivity contribution in [3.63, 3.8) is 0 Å². The summed E-state index contributed by atoms with van der Waals surface area (Å²) in [6.07, 6.45) is 3.45. The average molecular weight is 313 g/mol. The molecule has 4 heteroatoms. The first-order valence-corrected chi connectivity index (χ1v) is 7.71. The van der Waals surface area contributed by atoms with Gasteiger partial charge in [0.25, 0.3) is 0 Å². The van der Waals surface area contributed by atoms with Crippen molar-refractivity contribution < 1.29 is 4.74 Å². The van der Waals surface area contributed by atoms with Crippen LogP contribution in [-0.2, 0) is 0 Å². The zero-order chi connectivity index (χ0) is 16.4. The molecule has 2 aromatic heterocycles. The Kier molecular flexibility index (Phi) is 3.63. The molecule has 24 heavy (non-hydrogen) atoms. The molecule has 2 aromatic carbocycles. The van der Waals surface area contributed by atoms with Gasteiger partial charge in [-0.3, -0.25) is 4.98 Å². The first-order valence-electron chi connectivity index (χ1n) is 7.71. The third-order valence-electron chi connectivity index (χ3n) is 3.71. The van der Waals surface area contributed by atoms with Crippen LogP contribution in [0.15, 0.2) is 73.1 Å². The molecule has 0 aliphatic carbocycles. The van der Waals surface area contributed by atoms with Crippen LogP contribution in [0.4, 0.5) is 0 Å². The number of aromatic nitrogens is 3. The highest BCUT2D eigenvalue weighted by Gasteiger charge is 2.07. The van der Waals surface area contributed by atoms with Crippen LogP contribution >= 0.6 is 0 Å². The van der Waals surface area contributed by atoms with E-state index in [0.717, 1.165) is 22.4 Å². The smallest absolute Gasteiger partial charge is 0.223 e. The van der Waals surface area contributed by atoms with E-state index >= 15 is 0 Å². The minimum absolute atomic E-state index is 0.532. The minimum atomic E-state index is 0.532. The summed E-state index contributed by atoms with van der Waals surface area (Å²) in [4.78, 5) is 13.0. The van der Waals surface area contributed by atoms with Crippen LogP contribution in [-0.4, -0.2) is 15.0 Å². The molecule has 4 aromatic rings. The number of hydrogen-bond acceptors (Lipinski definition) is 4. The Hall–Kier alpha value is -3.27. The molecule has 0 saturated heterocycles. The number of aryl methyl sites for hydroxylation is 1. The number of benzene rings is 2. The second-order valence-corrected chi connectivity index (χ2v) is 5.52. The second kappa shape index (κ2) is 6.08. The van der Waals surface area contributed by atoms with Gasteiger partial charge in [-0.2, -0.15) is 4.98 Å². The van der Waals surface area contributed by atoms with Gasteiger partial charge in [-0.25, -0.2) is 4.98 Å². The summed E-state index contributed by atoms with van der Waals surface area (Å²) in [5, 5.41) is 2.32. The van der Waals surface area contributed by atoms with Crippen molar-refractivity contribution in [1.29, 1.82) is 0 Å². The van der Waals surface area contributed by atoms with Crippen LogP contribution in [0.1, 0.15) is 5.69 Å². The van der Waals surface area contributed by atoms with E-state index in [1.807, 2.05) is 55.5 Å². The minimum Gasteiger partial charge on any atom is -0.439 e. The highest BCUT2D eigenvalue weighted by molar-refractivity contribution is 5.83. The number of fused-ring (bicyclic) bond motifs is 1. The maximum Gasteiger partial charge on any atom is 0.223 e. The van der Waals surface area contributed by atoms with E-state index in [0.29, 0.717) is 11.7 Å². The maximum atomic E-state index is 5.96. The predicted molar refractivity (Wildman–Crippen MR) is 94.0 cm³/mol. The lowest BCUT2D eigenvalue weighted by atomic mass is 10.1. The second-order valence-electron chi connectivity index (χ2n) is 5.52. The molecule has 0 aliphatic rings. The third-order valence-corrected chi connectivity index (χ3v) is 3.71. The fraction of sp³-hybridized carbons (Fsp3) is 0.0500. The van der Waals surface area contributed by atoms with Crippen LogP contribution in [0.25, 0.3) is 22.2 Å². The molecule has 0 bridgehead atoms. The monoisotopic (exact) mass is 313 g/mol. The van der Waals surface area contributed by atoms with Gasteiger partial charge in [0.05, 0.1) is 0 Å². The summed E-state index contributed by atoms with van der Waals surface area (Å²) >= 11 is 0. The van der Waals surface area contributed by atoms with Gasteiger partial charge >= 0.3 is 0 Å². The van der Waals surface area contributed by atoms with Crippen molar-refractivity contribution in [2.45, 2.75) is 6.92 Å². The topological polar surface area (TPSA) is 47.9 Å². The molecule has 0 atom stereocenters. The van der Waals surface area contributed by atoms with Crippen LogP contribution < -0.4 is 4.74 Å². The predicted octanol–water partition coefficient (Wildman–Crippen LogP) is 4.79. The molecule has 0 unspecified atom stereocenters. The summed E-state index contributed by atoms with van der Waals surface area (Å²) in [5.41, 5.74) is 1.77. The summed E-state index contributed by atoms with van der Waals surface area (Å²) < 4.78 is 5.96. The van der Waals surface area contributed by atoms with Crippen LogP contribution in [0.3, 0.4) is 0 Å². The van der Waals surface area contributed by atoms with E-state index < -0.39 is 0 Å². The Morgan fingerprint density at radius 2 is 1.58 bits per heavy atom. The molecule has 4 rings (SSSR count). The van der Waals surface area contributed by atoms with Crippen LogP contribution in [0.2, 0.25) is 0 Å². The van der Waals surface area contributed by atoms with Crippen molar-refractivity contribution in [3.05, 3.63) is 78.8 Å². The Labute approximate surface area is 139 Å². The van der Waals surface area contributed by atoms with E-state index in [1.165, 1.54) is 5.39 Å². The first-order chi connectivity index (χ1) is 11.8. The maximum absolute atomic E-state index is 5.96. The van der Waals surface area contributed by atoms with Gasteiger partial charge in [0, 0.05) is 29.7 Å². The van der Waals surface area contributed by atoms with Crippen molar-refractivity contribution in [2.24, 2.45) is 0 Å². The molecule has 2 heterocycles. The molecular formula is C20H15N3O. The number of pyridine rings is 1. The largest absolute Gasteiger partial charge is 0.439 e. The van der Waals surface area contributed by atoms with Crippen LogP contribution in [0.5, 0.6) is 11.6 Å². The normalized spacial score (nSPS) is 10.7. The lowest BCUT2D eigenvalue weighted by molar-refractivity contribution is 0.462. The Balaban J connectivity index is 1.69. The Morgan fingerprint density at radius 1 is 0.792 bits per heavy atom. The molecule has 0 spiro atoms.